The van der Waals surface area contributed by atoms with Gasteiger partial charge in [-0.05, 0) is 64.9 Å². The quantitative estimate of drug-likeness (QED) is 0.183. The summed E-state index contributed by atoms with van der Waals surface area (Å²) in [6.07, 6.45) is 13.5. The van der Waals surface area contributed by atoms with Gasteiger partial charge in [0.2, 0.25) is 0 Å². The third-order valence-electron chi connectivity index (χ3n) is 12.2. The fraction of sp³-hybridized carbons (Fsp3) is 0.118. The predicted octanol–water partition coefficient (Wildman–Crippen LogP) is 12.7. The molecule has 0 saturated carbocycles. The molecule has 2 aliphatic carbocycles. The number of amidine groups is 1. The number of rotatable bonds is 5. The van der Waals surface area contributed by atoms with E-state index in [-0.39, 0.29) is 12.3 Å². The van der Waals surface area contributed by atoms with Crippen LogP contribution in [0.5, 0.6) is 0 Å². The van der Waals surface area contributed by atoms with Crippen LogP contribution in [0.25, 0.3) is 47.5 Å². The Morgan fingerprint density at radius 1 is 0.632 bits per heavy atom. The molecular weight excluding hydrogens is 733 g/mol. The van der Waals surface area contributed by atoms with Crippen LogP contribution in [0.4, 0.5) is 5.69 Å². The molecule has 4 atom stereocenters. The molecule has 0 spiro atoms. The van der Waals surface area contributed by atoms with Crippen molar-refractivity contribution >= 4 is 70.5 Å². The number of hydrogen-bond acceptors (Lipinski definition) is 6. The molecule has 4 heterocycles. The van der Waals surface area contributed by atoms with Gasteiger partial charge in [0.15, 0.2) is 0 Å². The maximum Gasteiger partial charge on any atom is 0.131 e. The Hall–Kier alpha value is -6.05. The number of aryl methyl sites for hydroxylation is 1. The smallest absolute Gasteiger partial charge is 0.131 e. The first-order chi connectivity index (χ1) is 28.2. The maximum absolute atomic E-state index is 5.15. The van der Waals surface area contributed by atoms with E-state index in [9.17, 15) is 0 Å². The lowest BCUT2D eigenvalue weighted by Gasteiger charge is -2.32. The van der Waals surface area contributed by atoms with Crippen LogP contribution in [0.15, 0.2) is 175 Å². The average molecular weight is 771 g/mol. The molecule has 4 unspecified atom stereocenters. The lowest BCUT2D eigenvalue weighted by Crippen LogP contribution is -2.45. The molecule has 0 fully saturated rings. The van der Waals surface area contributed by atoms with Crippen molar-refractivity contribution in [2.24, 2.45) is 4.99 Å². The molecule has 8 aromatic rings. The first-order valence-electron chi connectivity index (χ1n) is 19.9. The van der Waals surface area contributed by atoms with E-state index in [0.717, 1.165) is 29.8 Å². The molecule has 6 aromatic carbocycles. The summed E-state index contributed by atoms with van der Waals surface area (Å²) in [5, 5.41) is 11.6. The van der Waals surface area contributed by atoms with Gasteiger partial charge in [-0.2, -0.15) is 0 Å². The Bertz CT molecular complexity index is 3010. The average Bonchev–Trinajstić information content (AvgIpc) is 3.96. The molecule has 4 aliphatic rings. The van der Waals surface area contributed by atoms with Gasteiger partial charge in [0.1, 0.15) is 18.2 Å². The zero-order chi connectivity index (χ0) is 37.5. The van der Waals surface area contributed by atoms with E-state index >= 15 is 0 Å². The molecule has 2 aliphatic heterocycles. The largest absolute Gasteiger partial charge is 0.350 e. The van der Waals surface area contributed by atoms with Gasteiger partial charge in [-0.25, -0.2) is 4.99 Å². The monoisotopic (exact) mass is 770 g/mol. The van der Waals surface area contributed by atoms with E-state index in [4.69, 9.17) is 4.99 Å². The number of para-hydroxylation sites is 1. The molecule has 57 heavy (non-hydrogen) atoms. The van der Waals surface area contributed by atoms with Crippen molar-refractivity contribution in [2.45, 2.75) is 37.1 Å². The van der Waals surface area contributed by atoms with Crippen molar-refractivity contribution < 1.29 is 0 Å². The Morgan fingerprint density at radius 3 is 2.33 bits per heavy atom. The second-order valence-electron chi connectivity index (χ2n) is 15.4. The van der Waals surface area contributed by atoms with Crippen molar-refractivity contribution in [3.63, 3.8) is 0 Å². The van der Waals surface area contributed by atoms with Crippen LogP contribution in [0, 0.1) is 0 Å². The number of nitrogens with one attached hydrogen (secondary N) is 2. The molecule has 12 rings (SSSR count). The zero-order valence-corrected chi connectivity index (χ0v) is 32.7. The summed E-state index contributed by atoms with van der Waals surface area (Å²) in [5.74, 6) is 1.31. The van der Waals surface area contributed by atoms with Crippen molar-refractivity contribution in [1.82, 2.24) is 10.6 Å². The van der Waals surface area contributed by atoms with Gasteiger partial charge < -0.3 is 10.2 Å². The van der Waals surface area contributed by atoms with Crippen LogP contribution in [0.1, 0.15) is 57.4 Å². The zero-order valence-electron chi connectivity index (χ0n) is 31.1. The highest BCUT2D eigenvalue weighted by Crippen LogP contribution is 2.50. The Balaban J connectivity index is 0.921. The minimum Gasteiger partial charge on any atom is -0.350 e. The van der Waals surface area contributed by atoms with Crippen molar-refractivity contribution in [2.75, 3.05) is 4.90 Å². The third-order valence-corrected chi connectivity index (χ3v) is 14.7. The highest BCUT2D eigenvalue weighted by atomic mass is 32.1. The maximum atomic E-state index is 5.15. The van der Waals surface area contributed by atoms with Crippen LogP contribution < -0.4 is 15.5 Å². The van der Waals surface area contributed by atoms with Gasteiger partial charge in [0.25, 0.3) is 0 Å². The van der Waals surface area contributed by atoms with Crippen LogP contribution in [-0.4, -0.2) is 11.9 Å². The van der Waals surface area contributed by atoms with Crippen molar-refractivity contribution in [3.8, 4) is 11.1 Å². The predicted molar refractivity (Wildman–Crippen MR) is 241 cm³/mol. The molecular formula is C51H38N4S2. The van der Waals surface area contributed by atoms with Gasteiger partial charge in [0, 0.05) is 63.6 Å². The highest BCUT2D eigenvalue weighted by Gasteiger charge is 2.38. The number of hydrogen-bond donors (Lipinski definition) is 2. The minimum absolute atomic E-state index is 0.117. The SMILES string of the molecule is C1=CC2c3ccccc3N(C3=Cc4c(sc5c(-c6ccc7sc8c(C9NC(c%10ccccc%10)=NC(c%10ccccc%10)N9)cccc8c7c6)cccc45)CC3)C2C=C1. The molecule has 0 saturated heterocycles. The van der Waals surface area contributed by atoms with Gasteiger partial charge in [-0.15, -0.1) is 22.7 Å². The van der Waals surface area contributed by atoms with Gasteiger partial charge in [-0.3, -0.25) is 5.32 Å². The Labute approximate surface area is 339 Å². The van der Waals surface area contributed by atoms with E-state index in [2.05, 4.69) is 185 Å². The van der Waals surface area contributed by atoms with E-state index in [0.29, 0.717) is 12.0 Å². The lowest BCUT2D eigenvalue weighted by molar-refractivity contribution is 0.411. The second-order valence-corrected chi connectivity index (χ2v) is 17.6. The fourth-order valence-corrected chi connectivity index (χ4v) is 12.1. The number of nitrogens with zero attached hydrogens (tertiary/aromatic N) is 2. The standard InChI is InChI=1S/C51H38N4S2/c1-3-13-31(14-4-1)49-52-50(32-15-5-2-6-16-32)54-51(53-49)40-22-12-21-38-41-29-33(25-27-45(41)57-48(38)40)35-19-11-20-39-42-30-34(26-28-46(42)56-47(35)39)55-43-23-9-7-17-36(43)37-18-8-10-24-44(37)55/h1-25,27,29-30,36,43,49,51,53H,26,28H2,(H,52,54). The topological polar surface area (TPSA) is 39.7 Å². The van der Waals surface area contributed by atoms with E-state index in [1.54, 1.807) is 0 Å². The Morgan fingerprint density at radius 2 is 1.42 bits per heavy atom. The normalized spacial score (nSPS) is 20.9. The highest BCUT2D eigenvalue weighted by molar-refractivity contribution is 7.26. The number of allylic oxidation sites excluding steroid dienone is 3. The molecule has 0 amide bonds. The van der Waals surface area contributed by atoms with Gasteiger partial charge in [0.05, 0.1) is 6.04 Å². The molecule has 6 heteroatoms. The first kappa shape index (κ1) is 33.1. The molecule has 0 bridgehead atoms. The second kappa shape index (κ2) is 13.3. The summed E-state index contributed by atoms with van der Waals surface area (Å²) < 4.78 is 3.98. The summed E-state index contributed by atoms with van der Waals surface area (Å²) in [7, 11) is 0. The molecule has 4 nitrogen and oxygen atoms in total. The fourth-order valence-electron chi connectivity index (χ4n) is 9.54. The minimum atomic E-state index is -0.170. The van der Waals surface area contributed by atoms with Crippen LogP contribution in [0.2, 0.25) is 0 Å². The molecule has 2 N–H and O–H groups in total. The van der Waals surface area contributed by atoms with E-state index < -0.39 is 0 Å². The van der Waals surface area contributed by atoms with Crippen LogP contribution in [-0.2, 0) is 6.42 Å². The summed E-state index contributed by atoms with van der Waals surface area (Å²) >= 11 is 3.87. The van der Waals surface area contributed by atoms with E-state index in [1.165, 1.54) is 74.3 Å². The summed E-state index contributed by atoms with van der Waals surface area (Å²) in [5.41, 5.74) is 11.7. The Kier molecular flexibility index (Phi) is 7.71. The molecule has 2 aromatic heterocycles. The molecule has 0 radical (unpaired) electrons. The van der Waals surface area contributed by atoms with Gasteiger partial charge >= 0.3 is 0 Å². The number of aliphatic imine (C=N–C) groups is 1. The first-order valence-corrected chi connectivity index (χ1v) is 21.5. The summed E-state index contributed by atoms with van der Waals surface area (Å²) in [6, 6.07) is 51.1. The number of fused-ring (bicyclic) bond motifs is 9. The van der Waals surface area contributed by atoms with Crippen LogP contribution in [0.3, 0.4) is 0 Å². The molecule has 274 valence electrons. The lowest BCUT2D eigenvalue weighted by atomic mass is 9.91. The van der Waals surface area contributed by atoms with Crippen molar-refractivity contribution in [1.29, 1.82) is 0 Å². The van der Waals surface area contributed by atoms with Crippen LogP contribution >= 0.6 is 22.7 Å². The van der Waals surface area contributed by atoms with E-state index in [1.807, 2.05) is 22.7 Å². The number of anilines is 1. The van der Waals surface area contributed by atoms with Crippen molar-refractivity contribution in [3.05, 3.63) is 202 Å². The van der Waals surface area contributed by atoms with Gasteiger partial charge in [-0.1, -0.05) is 146 Å². The number of benzene rings is 6. The summed E-state index contributed by atoms with van der Waals surface area (Å²) in [4.78, 5) is 9.27. The number of thiophene rings is 2. The third kappa shape index (κ3) is 5.39. The summed E-state index contributed by atoms with van der Waals surface area (Å²) in [6.45, 7) is 0.